The largest absolute Gasteiger partial charge is 0.573 e. The number of hydrogen-bond acceptors (Lipinski definition) is 7. The molecule has 3 aromatic rings. The normalized spacial score (nSPS) is 18.7. The van der Waals surface area contributed by atoms with Crippen LogP contribution in [0.25, 0.3) is 11.0 Å². The smallest absolute Gasteiger partial charge is 0.465 e. The number of rotatable bonds is 11. The fourth-order valence-electron chi connectivity index (χ4n) is 6.23. The number of carbonyl (C=O) groups is 4. The van der Waals surface area contributed by atoms with Gasteiger partial charge in [-0.15, -0.1) is 18.3 Å². The molecule has 2 aromatic carbocycles. The minimum absolute atomic E-state index is 0.0397. The van der Waals surface area contributed by atoms with Crippen LogP contribution in [0.5, 0.6) is 5.75 Å². The van der Waals surface area contributed by atoms with Gasteiger partial charge < -0.3 is 30.3 Å². The monoisotopic (exact) mass is 659 g/mol. The number of nitrogens with zero attached hydrogens (tertiary/aromatic N) is 5. The maximum atomic E-state index is 13.9. The summed E-state index contributed by atoms with van der Waals surface area (Å²) in [5.74, 6) is -1.88. The minimum Gasteiger partial charge on any atom is -0.465 e. The first-order valence-corrected chi connectivity index (χ1v) is 15.3. The number of likely N-dealkylation sites (tertiary alicyclic amines) is 2. The third-order valence-electron chi connectivity index (χ3n) is 8.50. The van der Waals surface area contributed by atoms with Crippen LogP contribution in [0.4, 0.5) is 18.0 Å². The van der Waals surface area contributed by atoms with Crippen LogP contribution >= 0.6 is 0 Å². The standard InChI is InChI=1S/C31H36F3N7O6/c1-39-25-10-6-20(15-24(25)37-38-39)17-35-28(43)26-16-21(14-19-4-7-22(8-5-19)47-31(32,33)34)18-41(26)29(44)23(36-30(45)46)9-11-27(42)40-12-2-3-13-40/h4-8,10,15,21,23,26,36H,2-3,9,11-14,16-18H2,1H3,(H,35,43)(H,45,46)/t21?,23?,26-/m0/s1. The molecule has 3 atom stereocenters. The van der Waals surface area contributed by atoms with Gasteiger partial charge in [-0.25, -0.2) is 9.48 Å². The van der Waals surface area contributed by atoms with E-state index in [1.807, 2.05) is 12.1 Å². The first-order chi connectivity index (χ1) is 22.4. The predicted molar refractivity (Wildman–Crippen MR) is 161 cm³/mol. The van der Waals surface area contributed by atoms with Crippen molar-refractivity contribution in [2.45, 2.75) is 63.5 Å². The van der Waals surface area contributed by atoms with Crippen LogP contribution in [0.3, 0.4) is 0 Å². The number of aromatic nitrogens is 3. The van der Waals surface area contributed by atoms with Crippen molar-refractivity contribution >= 4 is 34.8 Å². The van der Waals surface area contributed by atoms with Crippen LogP contribution in [0, 0.1) is 5.92 Å². The molecule has 2 aliphatic rings. The lowest BCUT2D eigenvalue weighted by atomic mass is 9.96. The van der Waals surface area contributed by atoms with E-state index < -0.39 is 36.4 Å². The summed E-state index contributed by atoms with van der Waals surface area (Å²) < 4.78 is 43.4. The van der Waals surface area contributed by atoms with E-state index in [0.717, 1.165) is 23.9 Å². The number of ether oxygens (including phenoxy) is 1. The molecule has 1 aromatic heterocycles. The molecule has 0 aliphatic carbocycles. The van der Waals surface area contributed by atoms with E-state index in [2.05, 4.69) is 25.7 Å². The van der Waals surface area contributed by atoms with Gasteiger partial charge in [-0.1, -0.05) is 23.4 Å². The lowest BCUT2D eigenvalue weighted by Crippen LogP contribution is -2.53. The zero-order chi connectivity index (χ0) is 33.7. The van der Waals surface area contributed by atoms with E-state index >= 15 is 0 Å². The highest BCUT2D eigenvalue weighted by atomic mass is 19.4. The van der Waals surface area contributed by atoms with Crippen LogP contribution in [0.2, 0.25) is 0 Å². The molecule has 2 saturated heterocycles. The zero-order valence-corrected chi connectivity index (χ0v) is 25.7. The van der Waals surface area contributed by atoms with E-state index in [1.54, 1.807) is 22.7 Å². The van der Waals surface area contributed by atoms with Gasteiger partial charge in [-0.05, 0) is 73.4 Å². The number of carboxylic acid groups (broad SMARTS) is 1. The molecule has 0 bridgehead atoms. The third kappa shape index (κ3) is 8.68. The molecule has 4 amide bonds. The lowest BCUT2D eigenvalue weighted by Gasteiger charge is -2.28. The van der Waals surface area contributed by atoms with Crippen molar-refractivity contribution in [1.82, 2.24) is 35.4 Å². The summed E-state index contributed by atoms with van der Waals surface area (Å²) in [4.78, 5) is 54.9. The van der Waals surface area contributed by atoms with Gasteiger partial charge in [-0.2, -0.15) is 0 Å². The molecule has 2 unspecified atom stereocenters. The molecular weight excluding hydrogens is 623 g/mol. The molecule has 16 heteroatoms. The zero-order valence-electron chi connectivity index (χ0n) is 25.7. The molecule has 0 spiro atoms. The van der Waals surface area contributed by atoms with Gasteiger partial charge in [-0.3, -0.25) is 14.4 Å². The summed E-state index contributed by atoms with van der Waals surface area (Å²) in [5, 5.41) is 22.7. The summed E-state index contributed by atoms with van der Waals surface area (Å²) in [6.07, 6.45) is -4.03. The lowest BCUT2D eigenvalue weighted by molar-refractivity contribution is -0.274. The maximum absolute atomic E-state index is 13.9. The third-order valence-corrected chi connectivity index (χ3v) is 8.50. The van der Waals surface area contributed by atoms with Gasteiger partial charge in [0.2, 0.25) is 17.7 Å². The Balaban J connectivity index is 1.31. The van der Waals surface area contributed by atoms with Crippen LogP contribution in [0.1, 0.15) is 43.2 Å². The predicted octanol–water partition coefficient (Wildman–Crippen LogP) is 2.98. The van der Waals surface area contributed by atoms with E-state index in [9.17, 15) is 37.5 Å². The highest BCUT2D eigenvalue weighted by Gasteiger charge is 2.42. The number of carbonyl (C=O) groups excluding carboxylic acids is 3. The number of amides is 4. The molecule has 3 heterocycles. The molecular formula is C31H36F3N7O6. The van der Waals surface area contributed by atoms with Crippen molar-refractivity contribution in [3.8, 4) is 5.75 Å². The Kier molecular flexibility index (Phi) is 10.2. The highest BCUT2D eigenvalue weighted by Crippen LogP contribution is 2.30. The highest BCUT2D eigenvalue weighted by molar-refractivity contribution is 5.92. The number of hydrogen-bond donors (Lipinski definition) is 3. The molecule has 3 N–H and O–H groups in total. The Hall–Kier alpha value is -4.89. The molecule has 252 valence electrons. The Morgan fingerprint density at radius 3 is 2.45 bits per heavy atom. The summed E-state index contributed by atoms with van der Waals surface area (Å²) in [6, 6.07) is 8.60. The molecule has 0 saturated carbocycles. The van der Waals surface area contributed by atoms with Gasteiger partial charge in [0.1, 0.15) is 23.3 Å². The second kappa shape index (κ2) is 14.3. The van der Waals surface area contributed by atoms with Crippen LogP contribution < -0.4 is 15.4 Å². The quantitative estimate of drug-likeness (QED) is 0.284. The number of fused-ring (bicyclic) bond motifs is 1. The van der Waals surface area contributed by atoms with Crippen molar-refractivity contribution in [3.63, 3.8) is 0 Å². The average molecular weight is 660 g/mol. The topological polar surface area (TPSA) is 159 Å². The first-order valence-electron chi connectivity index (χ1n) is 15.3. The van der Waals surface area contributed by atoms with E-state index in [0.29, 0.717) is 30.6 Å². The number of aryl methyl sites for hydroxylation is 1. The van der Waals surface area contributed by atoms with Crippen molar-refractivity contribution in [1.29, 1.82) is 0 Å². The summed E-state index contributed by atoms with van der Waals surface area (Å²) in [6.45, 7) is 1.47. The van der Waals surface area contributed by atoms with Crippen LogP contribution in [-0.2, 0) is 34.4 Å². The molecule has 5 rings (SSSR count). The minimum atomic E-state index is -4.83. The summed E-state index contributed by atoms with van der Waals surface area (Å²) >= 11 is 0. The fourth-order valence-corrected chi connectivity index (χ4v) is 6.23. The molecule has 2 fully saturated rings. The van der Waals surface area contributed by atoms with Crippen molar-refractivity contribution in [2.24, 2.45) is 13.0 Å². The Labute approximate surface area is 268 Å². The van der Waals surface area contributed by atoms with Gasteiger partial charge in [0.15, 0.2) is 0 Å². The number of benzene rings is 2. The van der Waals surface area contributed by atoms with Gasteiger partial charge in [0, 0.05) is 39.6 Å². The fraction of sp³-hybridized carbons (Fsp3) is 0.484. The van der Waals surface area contributed by atoms with Crippen LogP contribution in [0.15, 0.2) is 42.5 Å². The number of nitrogens with one attached hydrogen (secondary N) is 2. The van der Waals surface area contributed by atoms with E-state index in [1.165, 1.54) is 29.2 Å². The number of halogens is 3. The Morgan fingerprint density at radius 2 is 1.77 bits per heavy atom. The van der Waals surface area contributed by atoms with Crippen molar-refractivity contribution in [3.05, 3.63) is 53.6 Å². The van der Waals surface area contributed by atoms with E-state index in [4.69, 9.17) is 0 Å². The first kappa shape index (κ1) is 33.5. The second-order valence-corrected chi connectivity index (χ2v) is 11.9. The molecule has 0 radical (unpaired) electrons. The summed E-state index contributed by atoms with van der Waals surface area (Å²) in [7, 11) is 1.76. The van der Waals surface area contributed by atoms with Crippen molar-refractivity contribution in [2.75, 3.05) is 19.6 Å². The van der Waals surface area contributed by atoms with Gasteiger partial charge >= 0.3 is 12.5 Å². The van der Waals surface area contributed by atoms with E-state index in [-0.39, 0.29) is 49.9 Å². The second-order valence-electron chi connectivity index (χ2n) is 11.9. The summed E-state index contributed by atoms with van der Waals surface area (Å²) in [5.41, 5.74) is 2.89. The Morgan fingerprint density at radius 1 is 1.06 bits per heavy atom. The molecule has 2 aliphatic heterocycles. The van der Waals surface area contributed by atoms with Crippen molar-refractivity contribution < 1.29 is 42.2 Å². The van der Waals surface area contributed by atoms with Gasteiger partial charge in [0.05, 0.1) is 5.52 Å². The molecule has 13 nitrogen and oxygen atoms in total. The SMILES string of the molecule is Cn1nnc2cc(CNC(=O)[C@@H]3CC(Cc4ccc(OC(F)(F)F)cc4)CN3C(=O)C(CCC(=O)N3CCCC3)NC(=O)O)ccc21. The Bertz CT molecular complexity index is 1610. The number of alkyl halides is 3. The van der Waals surface area contributed by atoms with Crippen LogP contribution in [-0.4, -0.2) is 91.8 Å². The average Bonchev–Trinajstić information content (AvgIpc) is 3.78. The molecule has 47 heavy (non-hydrogen) atoms. The maximum Gasteiger partial charge on any atom is 0.573 e. The van der Waals surface area contributed by atoms with Gasteiger partial charge in [0.25, 0.3) is 0 Å².